The van der Waals surface area contributed by atoms with Crippen molar-refractivity contribution in [3.05, 3.63) is 70.3 Å². The van der Waals surface area contributed by atoms with Crippen LogP contribution in [-0.4, -0.2) is 22.9 Å². The summed E-state index contributed by atoms with van der Waals surface area (Å²) < 4.78 is 27.5. The summed E-state index contributed by atoms with van der Waals surface area (Å²) in [7, 11) is 0. The molecule has 2 aromatic carbocycles. The Hall–Kier alpha value is -1.92. The summed E-state index contributed by atoms with van der Waals surface area (Å²) >= 11 is 1.28. The van der Waals surface area contributed by atoms with Gasteiger partial charge in [0.2, 0.25) is 0 Å². The first-order valence-electron chi connectivity index (χ1n) is 8.53. The highest BCUT2D eigenvalue weighted by atomic mass is 32.2. The van der Waals surface area contributed by atoms with Crippen molar-refractivity contribution in [1.82, 2.24) is 0 Å². The maximum atomic E-state index is 13.7. The van der Waals surface area contributed by atoms with E-state index in [2.05, 4.69) is 13.8 Å². The van der Waals surface area contributed by atoms with Crippen LogP contribution in [0.4, 0.5) is 8.78 Å². The molecule has 0 spiro atoms. The lowest BCUT2D eigenvalue weighted by atomic mass is 9.96. The molecule has 0 saturated carbocycles. The van der Waals surface area contributed by atoms with E-state index in [9.17, 15) is 13.6 Å². The van der Waals surface area contributed by atoms with Crippen molar-refractivity contribution in [1.29, 1.82) is 0 Å². The Bertz CT molecular complexity index is 762. The molecule has 26 heavy (non-hydrogen) atoms. The third-order valence-electron chi connectivity index (χ3n) is 4.24. The molecule has 2 atom stereocenters. The summed E-state index contributed by atoms with van der Waals surface area (Å²) in [5.74, 6) is -2.28. The largest absolute Gasteiger partial charge is 0.480 e. The lowest BCUT2D eigenvalue weighted by Gasteiger charge is -2.21. The van der Waals surface area contributed by atoms with Crippen molar-refractivity contribution >= 4 is 17.7 Å². The SMILES string of the molecule is CCc1ccc(C(SC[C@H](N)C(=O)O)c2cc(F)cc(F)c2)cc1CC. The van der Waals surface area contributed by atoms with Gasteiger partial charge in [-0.2, -0.15) is 0 Å². The van der Waals surface area contributed by atoms with Crippen LogP contribution in [0, 0.1) is 11.6 Å². The Morgan fingerprint density at radius 3 is 2.19 bits per heavy atom. The zero-order valence-corrected chi connectivity index (χ0v) is 15.7. The molecule has 0 saturated heterocycles. The number of benzene rings is 2. The predicted molar refractivity (Wildman–Crippen MR) is 101 cm³/mol. The minimum absolute atomic E-state index is 0.134. The summed E-state index contributed by atoms with van der Waals surface area (Å²) in [6.45, 7) is 4.14. The molecule has 0 bridgehead atoms. The van der Waals surface area contributed by atoms with Gasteiger partial charge in [0.15, 0.2) is 0 Å². The molecule has 6 heteroatoms. The van der Waals surface area contributed by atoms with Gasteiger partial charge in [0.25, 0.3) is 0 Å². The number of aliphatic carboxylic acids is 1. The van der Waals surface area contributed by atoms with Crippen LogP contribution in [0.2, 0.25) is 0 Å². The van der Waals surface area contributed by atoms with Crippen LogP contribution in [-0.2, 0) is 17.6 Å². The van der Waals surface area contributed by atoms with E-state index in [0.29, 0.717) is 5.56 Å². The van der Waals surface area contributed by atoms with Crippen LogP contribution >= 0.6 is 11.8 Å². The number of hydrogen-bond acceptors (Lipinski definition) is 3. The predicted octanol–water partition coefficient (Wildman–Crippen LogP) is 4.32. The normalized spacial score (nSPS) is 13.4. The second-order valence-corrected chi connectivity index (χ2v) is 7.23. The second kappa shape index (κ2) is 9.14. The van der Waals surface area contributed by atoms with Gasteiger partial charge in [0.1, 0.15) is 17.7 Å². The average molecular weight is 379 g/mol. The van der Waals surface area contributed by atoms with Gasteiger partial charge in [-0.15, -0.1) is 11.8 Å². The molecule has 0 amide bonds. The van der Waals surface area contributed by atoms with Crippen molar-refractivity contribution in [2.45, 2.75) is 38.0 Å². The number of rotatable bonds is 8. The minimum Gasteiger partial charge on any atom is -0.480 e. The molecule has 1 unspecified atom stereocenters. The standard InChI is InChI=1S/C20H23F2NO2S/c1-3-12-5-6-14(7-13(12)4-2)19(26-11-18(23)20(24)25)15-8-16(21)10-17(22)9-15/h5-10,18-19H,3-4,11,23H2,1-2H3,(H,24,25)/t18-,19?/m0/s1. The molecule has 2 aromatic rings. The van der Waals surface area contributed by atoms with Gasteiger partial charge in [0.05, 0.1) is 5.25 Å². The molecular weight excluding hydrogens is 356 g/mol. The molecule has 2 rings (SSSR count). The molecule has 0 aliphatic rings. The van der Waals surface area contributed by atoms with Crippen LogP contribution in [0.1, 0.15) is 41.4 Å². The summed E-state index contributed by atoms with van der Waals surface area (Å²) in [5, 5.41) is 8.62. The first-order chi connectivity index (χ1) is 12.3. The maximum absolute atomic E-state index is 13.7. The van der Waals surface area contributed by atoms with Gasteiger partial charge in [-0.05, 0) is 47.2 Å². The summed E-state index contributed by atoms with van der Waals surface area (Å²) in [6, 6.07) is 8.34. The van der Waals surface area contributed by atoms with E-state index >= 15 is 0 Å². The zero-order valence-electron chi connectivity index (χ0n) is 14.8. The Balaban J connectivity index is 2.44. The van der Waals surface area contributed by atoms with E-state index < -0.39 is 28.9 Å². The van der Waals surface area contributed by atoms with Gasteiger partial charge in [0, 0.05) is 11.8 Å². The van der Waals surface area contributed by atoms with E-state index in [0.717, 1.165) is 24.5 Å². The molecular formula is C20H23F2NO2S. The minimum atomic E-state index is -1.10. The van der Waals surface area contributed by atoms with Crippen molar-refractivity contribution in [3.63, 3.8) is 0 Å². The highest BCUT2D eigenvalue weighted by molar-refractivity contribution is 7.99. The quantitative estimate of drug-likeness (QED) is 0.717. The number of thioether (sulfide) groups is 1. The molecule has 0 heterocycles. The second-order valence-electron chi connectivity index (χ2n) is 6.10. The first kappa shape index (κ1) is 20.4. The topological polar surface area (TPSA) is 63.3 Å². The highest BCUT2D eigenvalue weighted by Gasteiger charge is 2.21. The summed E-state index contributed by atoms with van der Waals surface area (Å²) in [5.41, 5.74) is 9.36. The van der Waals surface area contributed by atoms with E-state index in [1.54, 1.807) is 0 Å². The van der Waals surface area contributed by atoms with Crippen LogP contribution in [0.5, 0.6) is 0 Å². The fourth-order valence-corrected chi connectivity index (χ4v) is 4.08. The van der Waals surface area contributed by atoms with Crippen LogP contribution in [0.25, 0.3) is 0 Å². The lowest BCUT2D eigenvalue weighted by Crippen LogP contribution is -2.32. The van der Waals surface area contributed by atoms with Crippen molar-refractivity contribution in [2.75, 3.05) is 5.75 Å². The fraction of sp³-hybridized carbons (Fsp3) is 0.350. The van der Waals surface area contributed by atoms with Crippen molar-refractivity contribution in [3.8, 4) is 0 Å². The zero-order chi connectivity index (χ0) is 19.3. The van der Waals surface area contributed by atoms with Crippen LogP contribution in [0.3, 0.4) is 0 Å². The van der Waals surface area contributed by atoms with Gasteiger partial charge >= 0.3 is 5.97 Å². The maximum Gasteiger partial charge on any atom is 0.321 e. The average Bonchev–Trinajstić information content (AvgIpc) is 2.60. The summed E-state index contributed by atoms with van der Waals surface area (Å²) in [6.07, 6.45) is 1.75. The molecule has 3 nitrogen and oxygen atoms in total. The molecule has 0 aliphatic carbocycles. The number of aryl methyl sites for hydroxylation is 2. The Morgan fingerprint density at radius 1 is 1.04 bits per heavy atom. The number of carbonyl (C=O) groups is 1. The van der Waals surface area contributed by atoms with E-state index in [1.807, 2.05) is 18.2 Å². The number of hydrogen-bond donors (Lipinski definition) is 2. The molecule has 3 N–H and O–H groups in total. The van der Waals surface area contributed by atoms with Crippen LogP contribution < -0.4 is 5.73 Å². The third-order valence-corrected chi connectivity index (χ3v) is 5.67. The monoisotopic (exact) mass is 379 g/mol. The van der Waals surface area contributed by atoms with Gasteiger partial charge in [-0.1, -0.05) is 32.0 Å². The Kier molecular flexibility index (Phi) is 7.17. The molecule has 0 radical (unpaired) electrons. The lowest BCUT2D eigenvalue weighted by molar-refractivity contribution is -0.137. The van der Waals surface area contributed by atoms with E-state index in [4.69, 9.17) is 10.8 Å². The van der Waals surface area contributed by atoms with E-state index in [-0.39, 0.29) is 5.75 Å². The summed E-state index contributed by atoms with van der Waals surface area (Å²) in [4.78, 5) is 11.0. The number of nitrogens with two attached hydrogens (primary N) is 1. The molecule has 0 aromatic heterocycles. The smallest absolute Gasteiger partial charge is 0.321 e. The number of carboxylic acids is 1. The van der Waals surface area contributed by atoms with E-state index in [1.165, 1.54) is 35.0 Å². The number of carboxylic acid groups (broad SMARTS) is 1. The number of halogens is 2. The third kappa shape index (κ3) is 5.05. The molecule has 140 valence electrons. The fourth-order valence-electron chi connectivity index (χ4n) is 2.87. The van der Waals surface area contributed by atoms with Gasteiger partial charge in [-0.25, -0.2) is 8.78 Å². The van der Waals surface area contributed by atoms with Gasteiger partial charge in [-0.3, -0.25) is 4.79 Å². The highest BCUT2D eigenvalue weighted by Crippen LogP contribution is 2.37. The first-order valence-corrected chi connectivity index (χ1v) is 9.58. The molecule has 0 fully saturated rings. The Morgan fingerprint density at radius 2 is 1.65 bits per heavy atom. The Labute approximate surface area is 156 Å². The van der Waals surface area contributed by atoms with Crippen LogP contribution in [0.15, 0.2) is 36.4 Å². The van der Waals surface area contributed by atoms with Gasteiger partial charge < -0.3 is 10.8 Å². The molecule has 0 aliphatic heterocycles. The van der Waals surface area contributed by atoms with Crippen molar-refractivity contribution in [2.24, 2.45) is 5.73 Å². The van der Waals surface area contributed by atoms with Crippen molar-refractivity contribution < 1.29 is 18.7 Å².